The van der Waals surface area contributed by atoms with Gasteiger partial charge in [-0.05, 0) is 12.8 Å². The van der Waals surface area contributed by atoms with Gasteiger partial charge in [-0.2, -0.15) is 13.2 Å². The summed E-state index contributed by atoms with van der Waals surface area (Å²) in [5.41, 5.74) is -0.208. The third-order valence-corrected chi connectivity index (χ3v) is 3.64. The third-order valence-electron chi connectivity index (χ3n) is 3.64. The topological polar surface area (TPSA) is 57.1 Å². The van der Waals surface area contributed by atoms with Crippen LogP contribution in [0.25, 0.3) is 0 Å². The number of allylic oxidation sites excluding steroid dienone is 4. The van der Waals surface area contributed by atoms with Crippen LogP contribution in [0.2, 0.25) is 0 Å². The van der Waals surface area contributed by atoms with Gasteiger partial charge in [0.1, 0.15) is 11.8 Å². The van der Waals surface area contributed by atoms with Crippen molar-refractivity contribution in [3.8, 4) is 11.8 Å². The zero-order valence-electron chi connectivity index (χ0n) is 14.9. The summed E-state index contributed by atoms with van der Waals surface area (Å²) in [6.45, 7) is 2.93. The molecule has 2 atom stereocenters. The first-order valence-corrected chi connectivity index (χ1v) is 7.64. The second-order valence-corrected chi connectivity index (χ2v) is 5.39. The second kappa shape index (κ2) is 9.70. The molecule has 5 nitrogen and oxygen atoms in total. The van der Waals surface area contributed by atoms with Crippen LogP contribution in [-0.4, -0.2) is 38.7 Å². The number of alkyl halides is 3. The lowest BCUT2D eigenvalue weighted by molar-refractivity contribution is -0.135. The quantitative estimate of drug-likeness (QED) is 0.141. The number of nitrogens with zero attached hydrogens (tertiary/aromatic N) is 1. The van der Waals surface area contributed by atoms with E-state index in [1.165, 1.54) is 27.2 Å². The van der Waals surface area contributed by atoms with Crippen molar-refractivity contribution in [3.63, 3.8) is 0 Å². The van der Waals surface area contributed by atoms with E-state index in [9.17, 15) is 18.0 Å². The Morgan fingerprint density at radius 3 is 2.65 bits per heavy atom. The minimum absolute atomic E-state index is 0.00286. The zero-order chi connectivity index (χ0) is 19.7. The summed E-state index contributed by atoms with van der Waals surface area (Å²) in [6, 6.07) is 0. The van der Waals surface area contributed by atoms with Gasteiger partial charge < -0.3 is 14.3 Å². The van der Waals surface area contributed by atoms with Gasteiger partial charge in [0.15, 0.2) is 6.61 Å². The lowest BCUT2D eigenvalue weighted by atomic mass is 9.81. The number of halogens is 3. The fourth-order valence-corrected chi connectivity index (χ4v) is 2.36. The van der Waals surface area contributed by atoms with Crippen molar-refractivity contribution < 1.29 is 32.3 Å². The monoisotopic (exact) mass is 371 g/mol. The molecule has 8 heteroatoms. The van der Waals surface area contributed by atoms with Gasteiger partial charge in [-0.25, -0.2) is 4.79 Å². The first-order chi connectivity index (χ1) is 12.2. The zero-order valence-corrected chi connectivity index (χ0v) is 14.9. The van der Waals surface area contributed by atoms with Gasteiger partial charge in [0.05, 0.1) is 19.9 Å². The number of esters is 1. The summed E-state index contributed by atoms with van der Waals surface area (Å²) in [5.74, 6) is 3.10. The molecule has 0 amide bonds. The standard InChI is InChI=1S/C18H20F3NO4/c1-12-15(8-5-9-16(12)18(19,20)21)13(2)22-26-10-6-7-14(11-24-3)17(23)25-4/h5,8-9,11-12,15H,10H2,1-4H3/b14-11+,22-13+. The molecule has 0 bridgehead atoms. The Labute approximate surface area is 150 Å². The summed E-state index contributed by atoms with van der Waals surface area (Å²) in [4.78, 5) is 16.4. The van der Waals surface area contributed by atoms with E-state index in [2.05, 4.69) is 21.7 Å². The van der Waals surface area contributed by atoms with E-state index in [4.69, 9.17) is 9.57 Å². The summed E-state index contributed by atoms with van der Waals surface area (Å²) < 4.78 is 48.1. The van der Waals surface area contributed by atoms with E-state index in [0.29, 0.717) is 5.71 Å². The fourth-order valence-electron chi connectivity index (χ4n) is 2.36. The predicted molar refractivity (Wildman–Crippen MR) is 89.9 cm³/mol. The summed E-state index contributed by atoms with van der Waals surface area (Å²) >= 11 is 0. The van der Waals surface area contributed by atoms with Crippen molar-refractivity contribution in [2.45, 2.75) is 20.0 Å². The highest BCUT2D eigenvalue weighted by Crippen LogP contribution is 2.38. The Morgan fingerprint density at radius 1 is 1.38 bits per heavy atom. The minimum Gasteiger partial charge on any atom is -0.503 e. The van der Waals surface area contributed by atoms with Crippen molar-refractivity contribution in [2.24, 2.45) is 17.0 Å². The Kier molecular flexibility index (Phi) is 7.97. The van der Waals surface area contributed by atoms with Crippen LogP contribution in [0.5, 0.6) is 0 Å². The second-order valence-electron chi connectivity index (χ2n) is 5.39. The molecule has 0 fully saturated rings. The number of rotatable bonds is 5. The Morgan fingerprint density at radius 2 is 2.08 bits per heavy atom. The smallest absolute Gasteiger partial charge is 0.412 e. The van der Waals surface area contributed by atoms with Gasteiger partial charge in [-0.15, -0.1) is 0 Å². The SMILES string of the molecule is CO/C=C(\C#CCO/N=C(\C)C1C=CC=C(C(F)(F)F)C1C)C(=O)OC. The molecular weight excluding hydrogens is 351 g/mol. The minimum atomic E-state index is -4.38. The molecule has 0 aromatic rings. The normalized spacial score (nSPS) is 20.7. The summed E-state index contributed by atoms with van der Waals surface area (Å²) in [5, 5.41) is 3.82. The van der Waals surface area contributed by atoms with Gasteiger partial charge in [-0.3, -0.25) is 0 Å². The molecule has 0 saturated carbocycles. The Balaban J connectivity index is 2.70. The molecule has 0 radical (unpaired) electrons. The van der Waals surface area contributed by atoms with Crippen LogP contribution >= 0.6 is 0 Å². The van der Waals surface area contributed by atoms with Crippen LogP contribution < -0.4 is 0 Å². The maximum atomic E-state index is 13.0. The molecular formula is C18H20F3NO4. The van der Waals surface area contributed by atoms with Crippen LogP contribution in [0.15, 0.2) is 40.8 Å². The van der Waals surface area contributed by atoms with Gasteiger partial charge in [0.25, 0.3) is 0 Å². The van der Waals surface area contributed by atoms with E-state index < -0.39 is 29.6 Å². The van der Waals surface area contributed by atoms with Crippen molar-refractivity contribution in [2.75, 3.05) is 20.8 Å². The highest BCUT2D eigenvalue weighted by atomic mass is 19.4. The number of oxime groups is 1. The highest BCUT2D eigenvalue weighted by Gasteiger charge is 2.40. The van der Waals surface area contributed by atoms with Crippen LogP contribution in [-0.2, 0) is 19.1 Å². The van der Waals surface area contributed by atoms with Crippen LogP contribution in [0, 0.1) is 23.7 Å². The average Bonchev–Trinajstić information content (AvgIpc) is 2.58. The average molecular weight is 371 g/mol. The molecule has 1 aliphatic rings. The molecule has 0 aliphatic heterocycles. The van der Waals surface area contributed by atoms with E-state index in [0.717, 1.165) is 12.3 Å². The summed E-state index contributed by atoms with van der Waals surface area (Å²) in [6.07, 6.45) is 0.825. The molecule has 0 saturated heterocycles. The first kappa shape index (κ1) is 21.4. The molecule has 0 heterocycles. The molecule has 26 heavy (non-hydrogen) atoms. The van der Waals surface area contributed by atoms with Crippen molar-refractivity contribution in [3.05, 3.63) is 35.6 Å². The maximum absolute atomic E-state index is 13.0. The van der Waals surface area contributed by atoms with Gasteiger partial charge in [0.2, 0.25) is 0 Å². The Hall–Kier alpha value is -2.69. The number of methoxy groups -OCH3 is 2. The molecule has 0 aromatic carbocycles. The number of carbonyl (C=O) groups excluding carboxylic acids is 1. The van der Waals surface area contributed by atoms with E-state index in [1.54, 1.807) is 13.0 Å². The third kappa shape index (κ3) is 5.99. The van der Waals surface area contributed by atoms with Crippen LogP contribution in [0.3, 0.4) is 0 Å². The predicted octanol–water partition coefficient (Wildman–Crippen LogP) is 3.40. The number of carbonyl (C=O) groups is 1. The molecule has 0 spiro atoms. The first-order valence-electron chi connectivity index (χ1n) is 7.64. The number of ether oxygens (including phenoxy) is 2. The van der Waals surface area contributed by atoms with Crippen LogP contribution in [0.1, 0.15) is 13.8 Å². The summed E-state index contributed by atoms with van der Waals surface area (Å²) in [7, 11) is 2.57. The number of hydrogen-bond acceptors (Lipinski definition) is 5. The van der Waals surface area contributed by atoms with E-state index in [1.807, 2.05) is 0 Å². The van der Waals surface area contributed by atoms with E-state index >= 15 is 0 Å². The Bertz CT molecular complexity index is 693. The molecule has 142 valence electrons. The molecule has 2 unspecified atom stereocenters. The van der Waals surface area contributed by atoms with Gasteiger partial charge in [0, 0.05) is 11.5 Å². The van der Waals surface area contributed by atoms with Crippen LogP contribution in [0.4, 0.5) is 13.2 Å². The van der Waals surface area contributed by atoms with Crippen molar-refractivity contribution >= 4 is 11.7 Å². The lowest BCUT2D eigenvalue weighted by Crippen LogP contribution is -2.28. The number of hydrogen-bond donors (Lipinski definition) is 0. The molecule has 1 aliphatic carbocycles. The molecule has 0 N–H and O–H groups in total. The van der Waals surface area contributed by atoms with Gasteiger partial charge >= 0.3 is 12.1 Å². The lowest BCUT2D eigenvalue weighted by Gasteiger charge is -2.27. The van der Waals surface area contributed by atoms with Crippen molar-refractivity contribution in [1.82, 2.24) is 0 Å². The molecule has 0 aromatic heterocycles. The van der Waals surface area contributed by atoms with Gasteiger partial charge in [-0.1, -0.05) is 42.1 Å². The van der Waals surface area contributed by atoms with Crippen molar-refractivity contribution in [1.29, 1.82) is 0 Å². The van der Waals surface area contributed by atoms with E-state index in [-0.39, 0.29) is 12.2 Å². The molecule has 1 rings (SSSR count). The highest BCUT2D eigenvalue weighted by molar-refractivity contribution is 5.93. The fraction of sp³-hybridized carbons (Fsp3) is 0.444. The largest absolute Gasteiger partial charge is 0.503 e. The maximum Gasteiger partial charge on any atom is 0.412 e.